The van der Waals surface area contributed by atoms with Gasteiger partial charge in [-0.15, -0.1) is 0 Å². The molecule has 0 radical (unpaired) electrons. The fourth-order valence-corrected chi connectivity index (χ4v) is 1.76. The van der Waals surface area contributed by atoms with E-state index in [1.807, 2.05) is 18.2 Å². The van der Waals surface area contributed by atoms with Crippen LogP contribution in [0.2, 0.25) is 0 Å². The molecule has 1 aromatic carbocycles. The Labute approximate surface area is 114 Å². The van der Waals surface area contributed by atoms with Gasteiger partial charge in [-0.05, 0) is 18.6 Å². The smallest absolute Gasteiger partial charge is 0.307 e. The number of amides is 1. The summed E-state index contributed by atoms with van der Waals surface area (Å²) in [6, 6.07) is 9.14. The Kier molecular flexibility index (Phi) is 6.64. The molecule has 1 amide bonds. The van der Waals surface area contributed by atoms with Crippen LogP contribution in [0.15, 0.2) is 30.3 Å². The molecule has 0 aliphatic rings. The minimum atomic E-state index is -0.289. The summed E-state index contributed by atoms with van der Waals surface area (Å²) in [5, 5.41) is 0. The highest BCUT2D eigenvalue weighted by Crippen LogP contribution is 2.07. The molecule has 0 N–H and O–H groups in total. The Morgan fingerprint density at radius 2 is 1.84 bits per heavy atom. The van der Waals surface area contributed by atoms with E-state index >= 15 is 0 Å². The normalized spacial score (nSPS) is 10.0. The second-order valence-electron chi connectivity index (χ2n) is 4.34. The zero-order valence-electron chi connectivity index (χ0n) is 11.6. The number of ether oxygens (including phenoxy) is 1. The molecule has 104 valence electrons. The lowest BCUT2D eigenvalue weighted by Crippen LogP contribution is -2.34. The summed E-state index contributed by atoms with van der Waals surface area (Å²) in [4.78, 5) is 25.2. The number of hydrogen-bond donors (Lipinski definition) is 0. The quantitative estimate of drug-likeness (QED) is 0.710. The first-order valence-electron chi connectivity index (χ1n) is 6.60. The van der Waals surface area contributed by atoms with Crippen molar-refractivity contribution < 1.29 is 14.3 Å². The lowest BCUT2D eigenvalue weighted by atomic mass is 10.2. The van der Waals surface area contributed by atoms with Crippen LogP contribution in [0.5, 0.6) is 0 Å². The van der Waals surface area contributed by atoms with Crippen molar-refractivity contribution in [2.24, 2.45) is 0 Å². The average molecular weight is 263 g/mol. The van der Waals surface area contributed by atoms with Crippen molar-refractivity contribution in [3.05, 3.63) is 35.9 Å². The van der Waals surface area contributed by atoms with E-state index in [1.165, 1.54) is 7.11 Å². The SMILES string of the molecule is CCCCN(CCC(=O)OC)C(=O)c1ccccc1. The van der Waals surface area contributed by atoms with Crippen LogP contribution < -0.4 is 0 Å². The van der Waals surface area contributed by atoms with E-state index in [1.54, 1.807) is 17.0 Å². The standard InChI is InChI=1S/C15H21NO3/c1-3-4-11-16(12-10-14(17)19-2)15(18)13-8-6-5-7-9-13/h5-9H,3-4,10-12H2,1-2H3. The van der Waals surface area contributed by atoms with Gasteiger partial charge in [0.1, 0.15) is 0 Å². The summed E-state index contributed by atoms with van der Waals surface area (Å²) in [6.45, 7) is 3.15. The van der Waals surface area contributed by atoms with Gasteiger partial charge in [0.05, 0.1) is 13.5 Å². The van der Waals surface area contributed by atoms with Crippen LogP contribution in [0.1, 0.15) is 36.5 Å². The zero-order chi connectivity index (χ0) is 14.1. The summed E-state index contributed by atoms with van der Waals surface area (Å²) in [7, 11) is 1.36. The number of nitrogens with zero attached hydrogens (tertiary/aromatic N) is 1. The van der Waals surface area contributed by atoms with Crippen molar-refractivity contribution in [2.45, 2.75) is 26.2 Å². The van der Waals surface area contributed by atoms with Crippen molar-refractivity contribution >= 4 is 11.9 Å². The minimum Gasteiger partial charge on any atom is -0.469 e. The maximum absolute atomic E-state index is 12.3. The summed E-state index contributed by atoms with van der Waals surface area (Å²) in [5.74, 6) is -0.319. The predicted molar refractivity (Wildman–Crippen MR) is 73.9 cm³/mol. The van der Waals surface area contributed by atoms with Crippen LogP contribution in [0.4, 0.5) is 0 Å². The molecule has 0 fully saturated rings. The molecule has 0 saturated carbocycles. The summed E-state index contributed by atoms with van der Waals surface area (Å²) in [6.07, 6.45) is 2.18. The van der Waals surface area contributed by atoms with Crippen LogP contribution in [-0.2, 0) is 9.53 Å². The number of methoxy groups -OCH3 is 1. The fourth-order valence-electron chi connectivity index (χ4n) is 1.76. The van der Waals surface area contributed by atoms with Crippen molar-refractivity contribution in [2.75, 3.05) is 20.2 Å². The van der Waals surface area contributed by atoms with Crippen LogP contribution in [0.25, 0.3) is 0 Å². The second kappa shape index (κ2) is 8.29. The van der Waals surface area contributed by atoms with Gasteiger partial charge >= 0.3 is 5.97 Å². The lowest BCUT2D eigenvalue weighted by Gasteiger charge is -2.22. The van der Waals surface area contributed by atoms with Gasteiger partial charge in [-0.3, -0.25) is 9.59 Å². The molecule has 4 nitrogen and oxygen atoms in total. The Morgan fingerprint density at radius 3 is 2.42 bits per heavy atom. The largest absolute Gasteiger partial charge is 0.469 e. The zero-order valence-corrected chi connectivity index (χ0v) is 11.6. The predicted octanol–water partition coefficient (Wildman–Crippen LogP) is 2.49. The summed E-state index contributed by atoms with van der Waals surface area (Å²) < 4.78 is 4.61. The van der Waals surface area contributed by atoms with Gasteiger partial charge < -0.3 is 9.64 Å². The minimum absolute atomic E-state index is 0.0297. The first kappa shape index (κ1) is 15.2. The average Bonchev–Trinajstić information content (AvgIpc) is 2.47. The third kappa shape index (κ3) is 5.12. The second-order valence-corrected chi connectivity index (χ2v) is 4.34. The molecule has 0 spiro atoms. The first-order chi connectivity index (χ1) is 9.19. The van der Waals surface area contributed by atoms with Crippen LogP contribution in [0.3, 0.4) is 0 Å². The van der Waals surface area contributed by atoms with Crippen molar-refractivity contribution in [3.8, 4) is 0 Å². The molecule has 0 unspecified atom stereocenters. The van der Waals surface area contributed by atoms with Gasteiger partial charge in [0, 0.05) is 18.7 Å². The van der Waals surface area contributed by atoms with E-state index in [0.717, 1.165) is 12.8 Å². The van der Waals surface area contributed by atoms with Crippen LogP contribution in [-0.4, -0.2) is 37.0 Å². The number of unbranched alkanes of at least 4 members (excludes halogenated alkanes) is 1. The Hall–Kier alpha value is -1.84. The van der Waals surface area contributed by atoms with Crippen LogP contribution in [0, 0.1) is 0 Å². The molecule has 1 rings (SSSR count). The lowest BCUT2D eigenvalue weighted by molar-refractivity contribution is -0.140. The Bertz CT molecular complexity index is 403. The molecule has 19 heavy (non-hydrogen) atoms. The van der Waals surface area contributed by atoms with Gasteiger partial charge in [-0.1, -0.05) is 31.5 Å². The molecule has 4 heteroatoms. The van der Waals surface area contributed by atoms with E-state index in [4.69, 9.17) is 0 Å². The number of hydrogen-bond acceptors (Lipinski definition) is 3. The topological polar surface area (TPSA) is 46.6 Å². The monoisotopic (exact) mass is 263 g/mol. The van der Waals surface area contributed by atoms with Crippen LogP contribution >= 0.6 is 0 Å². The number of benzene rings is 1. The van der Waals surface area contributed by atoms with Gasteiger partial charge in [0.15, 0.2) is 0 Å². The third-order valence-corrected chi connectivity index (χ3v) is 2.90. The van der Waals surface area contributed by atoms with E-state index < -0.39 is 0 Å². The van der Waals surface area contributed by atoms with Gasteiger partial charge in [-0.2, -0.15) is 0 Å². The molecular weight excluding hydrogens is 242 g/mol. The highest BCUT2D eigenvalue weighted by molar-refractivity contribution is 5.94. The summed E-state index contributed by atoms with van der Waals surface area (Å²) in [5.41, 5.74) is 0.656. The number of carbonyl (C=O) groups excluding carboxylic acids is 2. The molecule has 0 bridgehead atoms. The first-order valence-corrected chi connectivity index (χ1v) is 6.60. The molecular formula is C15H21NO3. The summed E-state index contributed by atoms with van der Waals surface area (Å²) >= 11 is 0. The highest BCUT2D eigenvalue weighted by Gasteiger charge is 2.16. The van der Waals surface area contributed by atoms with Gasteiger partial charge in [0.25, 0.3) is 5.91 Å². The third-order valence-electron chi connectivity index (χ3n) is 2.90. The Morgan fingerprint density at radius 1 is 1.16 bits per heavy atom. The molecule has 0 atom stereocenters. The highest BCUT2D eigenvalue weighted by atomic mass is 16.5. The molecule has 1 aromatic rings. The molecule has 0 aromatic heterocycles. The van der Waals surface area contributed by atoms with E-state index in [0.29, 0.717) is 18.7 Å². The molecule has 0 heterocycles. The molecule has 0 aliphatic carbocycles. The maximum Gasteiger partial charge on any atom is 0.307 e. The maximum atomic E-state index is 12.3. The Balaban J connectivity index is 2.67. The van der Waals surface area contributed by atoms with E-state index in [2.05, 4.69) is 11.7 Å². The van der Waals surface area contributed by atoms with E-state index in [9.17, 15) is 9.59 Å². The number of rotatable bonds is 7. The number of esters is 1. The van der Waals surface area contributed by atoms with Crippen molar-refractivity contribution in [1.82, 2.24) is 4.90 Å². The molecule has 0 aliphatic heterocycles. The fraction of sp³-hybridized carbons (Fsp3) is 0.467. The molecule has 0 saturated heterocycles. The number of carbonyl (C=O) groups is 2. The van der Waals surface area contributed by atoms with Gasteiger partial charge in [-0.25, -0.2) is 0 Å². The van der Waals surface area contributed by atoms with E-state index in [-0.39, 0.29) is 18.3 Å². The van der Waals surface area contributed by atoms with Crippen molar-refractivity contribution in [3.63, 3.8) is 0 Å². The van der Waals surface area contributed by atoms with Gasteiger partial charge in [0.2, 0.25) is 0 Å². The van der Waals surface area contributed by atoms with Crippen molar-refractivity contribution in [1.29, 1.82) is 0 Å².